The van der Waals surface area contributed by atoms with Crippen LogP contribution in [-0.2, 0) is 11.3 Å². The summed E-state index contributed by atoms with van der Waals surface area (Å²) in [5, 5.41) is 4.14. The zero-order valence-electron chi connectivity index (χ0n) is 13.1. The highest BCUT2D eigenvalue weighted by Gasteiger charge is 1.99. The number of aryl methyl sites for hydroxylation is 1. The van der Waals surface area contributed by atoms with Gasteiger partial charge in [-0.2, -0.15) is 0 Å². The topological polar surface area (TPSA) is 30.5 Å². The zero-order chi connectivity index (χ0) is 15.8. The van der Waals surface area contributed by atoms with Gasteiger partial charge in [0.05, 0.1) is 6.61 Å². The first kappa shape index (κ1) is 16.7. The normalized spacial score (nSPS) is 10.5. The Bertz CT molecular complexity index is 584. The highest BCUT2D eigenvalue weighted by molar-refractivity contribution is 6.31. The van der Waals surface area contributed by atoms with Crippen molar-refractivity contribution in [3.63, 3.8) is 0 Å². The van der Waals surface area contributed by atoms with Crippen LogP contribution in [0.3, 0.4) is 0 Å². The van der Waals surface area contributed by atoms with Crippen LogP contribution in [0.25, 0.3) is 0 Å². The first-order chi connectivity index (χ1) is 10.7. The molecule has 0 heterocycles. The van der Waals surface area contributed by atoms with Crippen molar-refractivity contribution in [2.75, 3.05) is 25.1 Å². The quantitative estimate of drug-likeness (QED) is 0.717. The molecule has 0 aliphatic carbocycles. The molecule has 0 unspecified atom stereocenters. The first-order valence-corrected chi connectivity index (χ1v) is 7.86. The molecule has 3 nitrogen and oxygen atoms in total. The molecule has 118 valence electrons. The molecule has 0 atom stereocenters. The smallest absolute Gasteiger partial charge is 0.119 e. The fourth-order valence-corrected chi connectivity index (χ4v) is 2.15. The Morgan fingerprint density at radius 1 is 1.05 bits per heavy atom. The molecule has 0 saturated heterocycles. The number of halogens is 1. The van der Waals surface area contributed by atoms with Gasteiger partial charge < -0.3 is 14.8 Å². The standard InChI is InChI=1S/C18H22ClNO2/c1-3-21-10-11-22-17-8-5-15(6-9-17)13-20-16-7-4-14(2)18(19)12-16/h4-9,12,20H,3,10-11,13H2,1-2H3. The lowest BCUT2D eigenvalue weighted by Gasteiger charge is -2.10. The van der Waals surface area contributed by atoms with E-state index in [9.17, 15) is 0 Å². The summed E-state index contributed by atoms with van der Waals surface area (Å²) < 4.78 is 10.8. The summed E-state index contributed by atoms with van der Waals surface area (Å²) in [6.07, 6.45) is 0. The molecular formula is C18H22ClNO2. The van der Waals surface area contributed by atoms with Gasteiger partial charge in [0.15, 0.2) is 0 Å². The summed E-state index contributed by atoms with van der Waals surface area (Å²) >= 11 is 6.12. The molecular weight excluding hydrogens is 298 g/mol. The van der Waals surface area contributed by atoms with E-state index < -0.39 is 0 Å². The van der Waals surface area contributed by atoms with Crippen molar-refractivity contribution >= 4 is 17.3 Å². The number of hydrogen-bond acceptors (Lipinski definition) is 3. The molecule has 0 amide bonds. The number of rotatable bonds is 8. The van der Waals surface area contributed by atoms with Crippen LogP contribution in [-0.4, -0.2) is 19.8 Å². The molecule has 4 heteroatoms. The van der Waals surface area contributed by atoms with Crippen molar-refractivity contribution in [2.24, 2.45) is 0 Å². The van der Waals surface area contributed by atoms with Crippen molar-refractivity contribution in [3.8, 4) is 5.75 Å². The monoisotopic (exact) mass is 319 g/mol. The van der Waals surface area contributed by atoms with Gasteiger partial charge in [0, 0.05) is 23.9 Å². The summed E-state index contributed by atoms with van der Waals surface area (Å²) in [6.45, 7) is 6.64. The second-order valence-corrected chi connectivity index (χ2v) is 5.41. The SMILES string of the molecule is CCOCCOc1ccc(CNc2ccc(C)c(Cl)c2)cc1. The molecule has 0 bridgehead atoms. The molecule has 1 N–H and O–H groups in total. The Morgan fingerprint density at radius 2 is 1.82 bits per heavy atom. The van der Waals surface area contributed by atoms with Gasteiger partial charge in [-0.3, -0.25) is 0 Å². The van der Waals surface area contributed by atoms with E-state index >= 15 is 0 Å². The summed E-state index contributed by atoms with van der Waals surface area (Å²) in [6, 6.07) is 14.1. The summed E-state index contributed by atoms with van der Waals surface area (Å²) in [5.41, 5.74) is 3.29. The molecule has 0 aliphatic heterocycles. The van der Waals surface area contributed by atoms with Gasteiger partial charge in [0.25, 0.3) is 0 Å². The van der Waals surface area contributed by atoms with Crippen molar-refractivity contribution in [3.05, 3.63) is 58.6 Å². The third-order valence-electron chi connectivity index (χ3n) is 3.29. The van der Waals surface area contributed by atoms with Crippen molar-refractivity contribution < 1.29 is 9.47 Å². The maximum absolute atomic E-state index is 6.12. The number of hydrogen-bond donors (Lipinski definition) is 1. The van der Waals surface area contributed by atoms with E-state index in [4.69, 9.17) is 21.1 Å². The van der Waals surface area contributed by atoms with Crippen LogP contribution in [0.2, 0.25) is 5.02 Å². The Kier molecular flexibility index (Phi) is 6.56. The molecule has 0 fully saturated rings. The third-order valence-corrected chi connectivity index (χ3v) is 3.70. The van der Waals surface area contributed by atoms with Gasteiger partial charge in [-0.15, -0.1) is 0 Å². The van der Waals surface area contributed by atoms with E-state index in [2.05, 4.69) is 17.4 Å². The minimum absolute atomic E-state index is 0.577. The van der Waals surface area contributed by atoms with Gasteiger partial charge in [-0.25, -0.2) is 0 Å². The third kappa shape index (κ3) is 5.24. The van der Waals surface area contributed by atoms with E-state index in [0.717, 1.165) is 35.2 Å². The lowest BCUT2D eigenvalue weighted by molar-refractivity contribution is 0.110. The summed E-state index contributed by atoms with van der Waals surface area (Å²) in [7, 11) is 0. The fourth-order valence-electron chi connectivity index (χ4n) is 1.97. The van der Waals surface area contributed by atoms with Crippen LogP contribution in [0.5, 0.6) is 5.75 Å². The van der Waals surface area contributed by atoms with Gasteiger partial charge in [0.1, 0.15) is 12.4 Å². The minimum atomic E-state index is 0.577. The van der Waals surface area contributed by atoms with E-state index in [1.807, 2.05) is 44.2 Å². The second kappa shape index (κ2) is 8.66. The van der Waals surface area contributed by atoms with Crippen LogP contribution in [0, 0.1) is 6.92 Å². The summed E-state index contributed by atoms with van der Waals surface area (Å²) in [4.78, 5) is 0. The van der Waals surface area contributed by atoms with E-state index in [-0.39, 0.29) is 0 Å². The van der Waals surface area contributed by atoms with Crippen LogP contribution in [0.4, 0.5) is 5.69 Å². The van der Waals surface area contributed by atoms with E-state index in [1.54, 1.807) is 0 Å². The Hall–Kier alpha value is -1.71. The minimum Gasteiger partial charge on any atom is -0.491 e. The molecule has 2 aromatic rings. The lowest BCUT2D eigenvalue weighted by atomic mass is 10.2. The fraction of sp³-hybridized carbons (Fsp3) is 0.333. The van der Waals surface area contributed by atoms with Crippen LogP contribution in [0.1, 0.15) is 18.1 Å². The largest absolute Gasteiger partial charge is 0.491 e. The maximum atomic E-state index is 6.12. The summed E-state index contributed by atoms with van der Waals surface area (Å²) in [5.74, 6) is 0.863. The van der Waals surface area contributed by atoms with Crippen LogP contribution < -0.4 is 10.1 Å². The Labute approximate surface area is 137 Å². The molecule has 2 aromatic carbocycles. The van der Waals surface area contributed by atoms with Gasteiger partial charge in [-0.1, -0.05) is 29.8 Å². The molecule has 0 spiro atoms. The zero-order valence-corrected chi connectivity index (χ0v) is 13.8. The van der Waals surface area contributed by atoms with Crippen LogP contribution >= 0.6 is 11.6 Å². The predicted molar refractivity (Wildman–Crippen MR) is 91.9 cm³/mol. The van der Waals surface area contributed by atoms with Gasteiger partial charge in [-0.05, 0) is 49.2 Å². The molecule has 0 aliphatic rings. The Balaban J connectivity index is 1.82. The van der Waals surface area contributed by atoms with Crippen molar-refractivity contribution in [2.45, 2.75) is 20.4 Å². The molecule has 22 heavy (non-hydrogen) atoms. The predicted octanol–water partition coefficient (Wildman–Crippen LogP) is 4.68. The average molecular weight is 320 g/mol. The van der Waals surface area contributed by atoms with Crippen molar-refractivity contribution in [1.82, 2.24) is 0 Å². The van der Waals surface area contributed by atoms with Crippen LogP contribution in [0.15, 0.2) is 42.5 Å². The van der Waals surface area contributed by atoms with Gasteiger partial charge in [0.2, 0.25) is 0 Å². The number of ether oxygens (including phenoxy) is 2. The number of anilines is 1. The first-order valence-electron chi connectivity index (χ1n) is 7.48. The lowest BCUT2D eigenvalue weighted by Crippen LogP contribution is -2.06. The van der Waals surface area contributed by atoms with Crippen molar-refractivity contribution in [1.29, 1.82) is 0 Å². The average Bonchev–Trinajstić information content (AvgIpc) is 2.54. The number of benzene rings is 2. The van der Waals surface area contributed by atoms with Gasteiger partial charge >= 0.3 is 0 Å². The van der Waals surface area contributed by atoms with E-state index in [1.165, 1.54) is 5.56 Å². The van der Waals surface area contributed by atoms with E-state index in [0.29, 0.717) is 13.2 Å². The number of nitrogens with one attached hydrogen (secondary N) is 1. The highest BCUT2D eigenvalue weighted by atomic mass is 35.5. The molecule has 2 rings (SSSR count). The highest BCUT2D eigenvalue weighted by Crippen LogP contribution is 2.20. The molecule has 0 radical (unpaired) electrons. The maximum Gasteiger partial charge on any atom is 0.119 e. The Morgan fingerprint density at radius 3 is 2.50 bits per heavy atom. The second-order valence-electron chi connectivity index (χ2n) is 5.01. The molecule has 0 aromatic heterocycles. The molecule has 0 saturated carbocycles.